The molecule has 0 aromatic heterocycles. The number of hydrogen-bond acceptors (Lipinski definition) is 2. The van der Waals surface area contributed by atoms with Gasteiger partial charge in [-0.2, -0.15) is 0 Å². The van der Waals surface area contributed by atoms with Crippen LogP contribution >= 0.6 is 0 Å². The molecule has 0 aliphatic heterocycles. The topological polar surface area (TPSA) is 26.3 Å². The van der Waals surface area contributed by atoms with Crippen molar-refractivity contribution in [3.63, 3.8) is 0 Å². The molecule has 0 amide bonds. The summed E-state index contributed by atoms with van der Waals surface area (Å²) in [5.41, 5.74) is -0.121. The van der Waals surface area contributed by atoms with Gasteiger partial charge in [-0.25, -0.2) is 0 Å². The minimum atomic E-state index is -0.121. The highest BCUT2D eigenvalue weighted by atomic mass is 16.5. The molecule has 0 aromatic rings. The van der Waals surface area contributed by atoms with Crippen molar-refractivity contribution in [1.82, 2.24) is 0 Å². The zero-order valence-electron chi connectivity index (χ0n) is 13.1. The Labute approximate surface area is 118 Å². The van der Waals surface area contributed by atoms with Crippen LogP contribution in [0.25, 0.3) is 0 Å². The Morgan fingerprint density at radius 2 is 2.00 bits per heavy atom. The molecule has 19 heavy (non-hydrogen) atoms. The lowest BCUT2D eigenvalue weighted by Crippen LogP contribution is -2.43. The van der Waals surface area contributed by atoms with Crippen LogP contribution in [0.1, 0.15) is 65.7 Å². The molecule has 0 heterocycles. The van der Waals surface area contributed by atoms with Gasteiger partial charge in [-0.15, -0.1) is 0 Å². The Morgan fingerprint density at radius 3 is 2.47 bits per heavy atom. The highest BCUT2D eigenvalue weighted by Crippen LogP contribution is 2.51. The zero-order valence-corrected chi connectivity index (χ0v) is 13.1. The number of methoxy groups -OCH3 is 1. The Hall–Kier alpha value is -0.530. The molecule has 1 unspecified atom stereocenters. The van der Waals surface area contributed by atoms with Gasteiger partial charge in [-0.3, -0.25) is 4.79 Å². The molecule has 2 nitrogen and oxygen atoms in total. The monoisotopic (exact) mass is 266 g/mol. The quantitative estimate of drug-likeness (QED) is 0.704. The van der Waals surface area contributed by atoms with Gasteiger partial charge in [0.2, 0.25) is 0 Å². The predicted octanol–water partition coefficient (Wildman–Crippen LogP) is 4.43. The number of hydrogen-bond donors (Lipinski definition) is 0. The lowest BCUT2D eigenvalue weighted by molar-refractivity contribution is -0.161. The molecule has 2 aliphatic carbocycles. The van der Waals surface area contributed by atoms with Gasteiger partial charge in [0, 0.05) is 0 Å². The van der Waals surface area contributed by atoms with E-state index >= 15 is 0 Å². The number of carbonyl (C=O) groups excluding carboxylic acids is 1. The Balaban J connectivity index is 2.07. The van der Waals surface area contributed by atoms with Crippen molar-refractivity contribution in [3.8, 4) is 0 Å². The average molecular weight is 266 g/mol. The van der Waals surface area contributed by atoms with E-state index in [4.69, 9.17) is 4.74 Å². The summed E-state index contributed by atoms with van der Waals surface area (Å²) in [6, 6.07) is 0. The standard InChI is InChI=1S/C17H30O2/c1-12(2)15-7-6-13(3)10-14(15)11-17(8-5-9-17)16(18)19-4/h12-15H,5-11H2,1-4H3/t13-,14?,15+/m1/s1. The Bertz CT molecular complexity index is 317. The third-order valence-corrected chi connectivity index (χ3v) is 5.74. The minimum absolute atomic E-state index is 0.0551. The largest absolute Gasteiger partial charge is 0.469 e. The molecular formula is C17H30O2. The van der Waals surface area contributed by atoms with Crippen LogP contribution in [0.4, 0.5) is 0 Å². The van der Waals surface area contributed by atoms with E-state index in [0.29, 0.717) is 0 Å². The lowest BCUT2D eigenvalue weighted by Gasteiger charge is -2.46. The Morgan fingerprint density at radius 1 is 1.32 bits per heavy atom. The molecule has 0 spiro atoms. The first kappa shape index (κ1) is 14.9. The van der Waals surface area contributed by atoms with Crippen molar-refractivity contribution in [2.45, 2.75) is 65.7 Å². The molecule has 0 bridgehead atoms. The third-order valence-electron chi connectivity index (χ3n) is 5.74. The number of carbonyl (C=O) groups is 1. The summed E-state index contributed by atoms with van der Waals surface area (Å²) in [5, 5.41) is 0. The number of ether oxygens (including phenoxy) is 1. The molecule has 2 aliphatic rings. The summed E-state index contributed by atoms with van der Waals surface area (Å²) in [7, 11) is 1.55. The zero-order chi connectivity index (χ0) is 14.0. The van der Waals surface area contributed by atoms with E-state index in [0.717, 1.165) is 42.9 Å². The van der Waals surface area contributed by atoms with Crippen LogP contribution in [-0.4, -0.2) is 13.1 Å². The van der Waals surface area contributed by atoms with Gasteiger partial charge in [-0.05, 0) is 55.8 Å². The lowest BCUT2D eigenvalue weighted by atomic mass is 9.58. The first-order valence-electron chi connectivity index (χ1n) is 8.07. The van der Waals surface area contributed by atoms with Crippen LogP contribution in [0.2, 0.25) is 0 Å². The van der Waals surface area contributed by atoms with Crippen LogP contribution in [0.3, 0.4) is 0 Å². The molecule has 0 radical (unpaired) electrons. The van der Waals surface area contributed by atoms with E-state index in [1.54, 1.807) is 7.11 Å². The molecule has 2 saturated carbocycles. The fraction of sp³-hybridized carbons (Fsp3) is 0.941. The summed E-state index contributed by atoms with van der Waals surface area (Å²) in [5.74, 6) is 3.16. The van der Waals surface area contributed by atoms with E-state index in [2.05, 4.69) is 20.8 Å². The van der Waals surface area contributed by atoms with Gasteiger partial charge in [0.15, 0.2) is 0 Å². The molecule has 0 aromatic carbocycles. The number of esters is 1. The highest BCUT2D eigenvalue weighted by molar-refractivity contribution is 5.77. The average Bonchev–Trinajstić information content (AvgIpc) is 2.32. The van der Waals surface area contributed by atoms with E-state index < -0.39 is 0 Å². The van der Waals surface area contributed by atoms with Crippen molar-refractivity contribution in [2.24, 2.45) is 29.1 Å². The third kappa shape index (κ3) is 2.98. The van der Waals surface area contributed by atoms with Crippen LogP contribution in [0, 0.1) is 29.1 Å². The molecule has 2 heteroatoms. The van der Waals surface area contributed by atoms with Crippen molar-refractivity contribution in [3.05, 3.63) is 0 Å². The maximum absolute atomic E-state index is 12.1. The van der Waals surface area contributed by atoms with Crippen LogP contribution in [0.5, 0.6) is 0 Å². The normalized spacial score (nSPS) is 33.8. The predicted molar refractivity (Wildman–Crippen MR) is 77.8 cm³/mol. The van der Waals surface area contributed by atoms with Crippen molar-refractivity contribution >= 4 is 5.97 Å². The van der Waals surface area contributed by atoms with Crippen molar-refractivity contribution in [2.75, 3.05) is 7.11 Å². The molecule has 2 rings (SSSR count). The maximum atomic E-state index is 12.1. The summed E-state index contributed by atoms with van der Waals surface area (Å²) in [4.78, 5) is 12.1. The van der Waals surface area contributed by atoms with E-state index in [1.165, 1.54) is 25.7 Å². The second-order valence-corrected chi connectivity index (χ2v) is 7.42. The van der Waals surface area contributed by atoms with E-state index in [1.807, 2.05) is 0 Å². The first-order chi connectivity index (χ1) is 8.98. The van der Waals surface area contributed by atoms with Crippen LogP contribution in [-0.2, 0) is 9.53 Å². The highest BCUT2D eigenvalue weighted by Gasteiger charge is 2.48. The van der Waals surface area contributed by atoms with Crippen LogP contribution in [0.15, 0.2) is 0 Å². The van der Waals surface area contributed by atoms with Gasteiger partial charge in [-0.1, -0.05) is 33.6 Å². The first-order valence-corrected chi connectivity index (χ1v) is 8.07. The van der Waals surface area contributed by atoms with Crippen molar-refractivity contribution < 1.29 is 9.53 Å². The summed E-state index contributed by atoms with van der Waals surface area (Å²) in [6.45, 7) is 7.06. The number of rotatable bonds is 4. The van der Waals surface area contributed by atoms with Gasteiger partial charge in [0.25, 0.3) is 0 Å². The molecule has 3 atom stereocenters. The minimum Gasteiger partial charge on any atom is -0.469 e. The molecule has 2 fully saturated rings. The maximum Gasteiger partial charge on any atom is 0.311 e. The molecule has 0 saturated heterocycles. The summed E-state index contributed by atoms with van der Waals surface area (Å²) >= 11 is 0. The molecular weight excluding hydrogens is 236 g/mol. The van der Waals surface area contributed by atoms with Gasteiger partial charge in [0.1, 0.15) is 0 Å². The summed E-state index contributed by atoms with van der Waals surface area (Å²) < 4.78 is 5.08. The fourth-order valence-corrected chi connectivity index (χ4v) is 4.45. The van der Waals surface area contributed by atoms with E-state index in [-0.39, 0.29) is 11.4 Å². The van der Waals surface area contributed by atoms with Gasteiger partial charge >= 0.3 is 5.97 Å². The van der Waals surface area contributed by atoms with E-state index in [9.17, 15) is 4.79 Å². The summed E-state index contributed by atoms with van der Waals surface area (Å²) in [6.07, 6.45) is 8.40. The second kappa shape index (κ2) is 5.85. The van der Waals surface area contributed by atoms with Crippen molar-refractivity contribution in [1.29, 1.82) is 0 Å². The molecule has 0 N–H and O–H groups in total. The fourth-order valence-electron chi connectivity index (χ4n) is 4.45. The SMILES string of the molecule is COC(=O)C1(CC2C[C@H](C)CC[C@H]2C(C)C)CCC1. The van der Waals surface area contributed by atoms with Gasteiger partial charge in [0.05, 0.1) is 12.5 Å². The van der Waals surface area contributed by atoms with Crippen LogP contribution < -0.4 is 0 Å². The van der Waals surface area contributed by atoms with Gasteiger partial charge < -0.3 is 4.74 Å². The molecule has 110 valence electrons. The smallest absolute Gasteiger partial charge is 0.311 e. The second-order valence-electron chi connectivity index (χ2n) is 7.42. The Kier molecular flexibility index (Phi) is 4.58.